The van der Waals surface area contributed by atoms with E-state index in [2.05, 4.69) is 45.8 Å². The van der Waals surface area contributed by atoms with Crippen LogP contribution in [-0.4, -0.2) is 32.1 Å². The van der Waals surface area contributed by atoms with Crippen LogP contribution in [0.25, 0.3) is 0 Å². The third kappa shape index (κ3) is 6.18. The van der Waals surface area contributed by atoms with E-state index in [-0.39, 0.29) is 11.0 Å². The van der Waals surface area contributed by atoms with E-state index < -0.39 is 8.32 Å². The summed E-state index contributed by atoms with van der Waals surface area (Å²) < 4.78 is 12.8. The zero-order valence-electron chi connectivity index (χ0n) is 15.9. The number of esters is 1. The molecule has 0 radical (unpaired) electrons. The summed E-state index contributed by atoms with van der Waals surface area (Å²) in [6.07, 6.45) is 4.58. The summed E-state index contributed by atoms with van der Waals surface area (Å²) in [6.45, 7) is 14.3. The Morgan fingerprint density at radius 2 is 2.00 bits per heavy atom. The molecule has 0 amide bonds. The van der Waals surface area contributed by atoms with Crippen molar-refractivity contribution in [2.24, 2.45) is 0 Å². The minimum atomic E-state index is -1.64. The van der Waals surface area contributed by atoms with Crippen LogP contribution in [0.1, 0.15) is 57.4 Å². The van der Waals surface area contributed by atoms with Crippen molar-refractivity contribution in [2.45, 2.75) is 65.1 Å². The predicted octanol–water partition coefficient (Wildman–Crippen LogP) is 4.67. The fourth-order valence-corrected chi connectivity index (χ4v) is 2.94. The number of unbranched alkanes of at least 4 members (excludes halogenated alkanes) is 2. The van der Waals surface area contributed by atoms with E-state index in [1.54, 1.807) is 29.8 Å². The Balaban J connectivity index is 2.37. The molecule has 0 aromatic carbocycles. The Labute approximate surface area is 147 Å². The summed E-state index contributed by atoms with van der Waals surface area (Å²) in [5, 5.41) is 0.255. The number of rotatable bonds is 7. The molecule has 1 aromatic heterocycles. The molecule has 134 valence electrons. The fraction of sp³-hybridized carbons (Fsp3) is 0.632. The Kier molecular flexibility index (Phi) is 7.78. The Morgan fingerprint density at radius 1 is 1.29 bits per heavy atom. The van der Waals surface area contributed by atoms with Crippen LogP contribution in [0.5, 0.6) is 0 Å². The maximum absolute atomic E-state index is 11.8. The summed E-state index contributed by atoms with van der Waals surface area (Å²) in [5.41, 5.74) is 0.477. The molecule has 0 aliphatic rings. The molecule has 0 atom stereocenters. The standard InChI is InChI=1S/C19H31NO3Si/c1-7-22-18(21)17-13-12-15-20(17)14-10-8-9-11-16-23-24(5,6)19(2,3)4/h12-13,15H,7-9,11,16H2,1-6H3. The van der Waals surface area contributed by atoms with Crippen molar-refractivity contribution in [1.29, 1.82) is 0 Å². The molecule has 0 unspecified atom stereocenters. The topological polar surface area (TPSA) is 40.5 Å². The van der Waals surface area contributed by atoms with Gasteiger partial charge < -0.3 is 9.16 Å². The van der Waals surface area contributed by atoms with Gasteiger partial charge in [-0.2, -0.15) is 0 Å². The molecule has 4 nitrogen and oxygen atoms in total. The number of hydrogen-bond donors (Lipinski definition) is 0. The first-order valence-electron chi connectivity index (χ1n) is 8.66. The molecule has 0 aliphatic heterocycles. The predicted molar refractivity (Wildman–Crippen MR) is 101 cm³/mol. The van der Waals surface area contributed by atoms with Crippen LogP contribution >= 0.6 is 0 Å². The van der Waals surface area contributed by atoms with Gasteiger partial charge >= 0.3 is 5.97 Å². The molecule has 1 rings (SSSR count). The van der Waals surface area contributed by atoms with Gasteiger partial charge in [0.05, 0.1) is 6.61 Å². The molecule has 5 heteroatoms. The fourth-order valence-electron chi connectivity index (χ4n) is 1.85. The van der Waals surface area contributed by atoms with Gasteiger partial charge in [-0.1, -0.05) is 26.7 Å². The number of nitrogens with zero attached hydrogens (tertiary/aromatic N) is 1. The van der Waals surface area contributed by atoms with Crippen LogP contribution in [-0.2, 0) is 9.16 Å². The molecule has 0 saturated carbocycles. The molecular weight excluding hydrogens is 318 g/mol. The van der Waals surface area contributed by atoms with Crippen LogP contribution in [0.2, 0.25) is 18.1 Å². The zero-order valence-corrected chi connectivity index (χ0v) is 16.9. The highest BCUT2D eigenvalue weighted by Crippen LogP contribution is 2.36. The van der Waals surface area contributed by atoms with Crippen molar-refractivity contribution in [3.05, 3.63) is 24.0 Å². The molecule has 0 N–H and O–H groups in total. The monoisotopic (exact) mass is 349 g/mol. The lowest BCUT2D eigenvalue weighted by atomic mass is 10.2. The molecule has 0 fully saturated rings. The number of hydrogen-bond acceptors (Lipinski definition) is 3. The van der Waals surface area contributed by atoms with Gasteiger partial charge in [-0.25, -0.2) is 4.79 Å². The van der Waals surface area contributed by atoms with Crippen molar-refractivity contribution in [3.63, 3.8) is 0 Å². The van der Waals surface area contributed by atoms with Crippen LogP contribution in [0.3, 0.4) is 0 Å². The highest BCUT2D eigenvalue weighted by atomic mass is 28.4. The van der Waals surface area contributed by atoms with E-state index >= 15 is 0 Å². The van der Waals surface area contributed by atoms with Crippen molar-refractivity contribution in [2.75, 3.05) is 13.2 Å². The molecule has 0 bridgehead atoms. The lowest BCUT2D eigenvalue weighted by Crippen LogP contribution is -2.40. The Bertz CT molecular complexity index is 588. The first kappa shape index (κ1) is 20.5. The SMILES string of the molecule is CCOC(=O)c1cccn1C#CCCCCO[Si](C)(C)C(C)(C)C. The van der Waals surface area contributed by atoms with Crippen molar-refractivity contribution >= 4 is 14.3 Å². The third-order valence-corrected chi connectivity index (χ3v) is 8.94. The molecule has 0 aliphatic carbocycles. The Hall–Kier alpha value is -1.51. The Morgan fingerprint density at radius 3 is 2.62 bits per heavy atom. The maximum Gasteiger partial charge on any atom is 0.355 e. The largest absolute Gasteiger partial charge is 0.461 e. The molecule has 1 heterocycles. The summed E-state index contributed by atoms with van der Waals surface area (Å²) in [4.78, 5) is 11.8. The van der Waals surface area contributed by atoms with E-state index in [0.717, 1.165) is 25.9 Å². The number of ether oxygens (including phenoxy) is 1. The maximum atomic E-state index is 11.8. The normalized spacial score (nSPS) is 11.8. The highest BCUT2D eigenvalue weighted by molar-refractivity contribution is 6.74. The first-order chi connectivity index (χ1) is 11.2. The second-order valence-electron chi connectivity index (χ2n) is 7.34. The van der Waals surface area contributed by atoms with Gasteiger partial charge in [0.15, 0.2) is 8.32 Å². The molecule has 1 aromatic rings. The number of carbonyl (C=O) groups is 1. The highest BCUT2D eigenvalue weighted by Gasteiger charge is 2.36. The van der Waals surface area contributed by atoms with Crippen LogP contribution < -0.4 is 0 Å². The second-order valence-corrected chi connectivity index (χ2v) is 12.1. The number of carbonyl (C=O) groups excluding carboxylic acids is 1. The molecule has 0 spiro atoms. The summed E-state index contributed by atoms with van der Waals surface area (Å²) in [6, 6.07) is 6.52. The summed E-state index contributed by atoms with van der Waals surface area (Å²) in [7, 11) is -1.64. The van der Waals surface area contributed by atoms with E-state index in [1.807, 2.05) is 0 Å². The van der Waals surface area contributed by atoms with Crippen LogP contribution in [0.15, 0.2) is 18.3 Å². The van der Waals surface area contributed by atoms with Crippen LogP contribution in [0, 0.1) is 12.0 Å². The minimum absolute atomic E-state index is 0.255. The van der Waals surface area contributed by atoms with Gasteiger partial charge in [0.25, 0.3) is 0 Å². The summed E-state index contributed by atoms with van der Waals surface area (Å²) in [5.74, 6) is 2.78. The lowest BCUT2D eigenvalue weighted by Gasteiger charge is -2.36. The van der Waals surface area contributed by atoms with Gasteiger partial charge in [-0.3, -0.25) is 4.57 Å². The van der Waals surface area contributed by atoms with Crippen molar-refractivity contribution in [3.8, 4) is 12.0 Å². The average Bonchev–Trinajstić information content (AvgIpc) is 2.93. The van der Waals surface area contributed by atoms with Gasteiger partial charge in [0.2, 0.25) is 0 Å². The zero-order chi connectivity index (χ0) is 18.2. The minimum Gasteiger partial charge on any atom is -0.461 e. The third-order valence-electron chi connectivity index (χ3n) is 4.40. The summed E-state index contributed by atoms with van der Waals surface area (Å²) >= 11 is 0. The first-order valence-corrected chi connectivity index (χ1v) is 11.6. The van der Waals surface area contributed by atoms with E-state index in [4.69, 9.17) is 9.16 Å². The molecule has 0 saturated heterocycles. The van der Waals surface area contributed by atoms with E-state index in [1.165, 1.54) is 0 Å². The van der Waals surface area contributed by atoms with Gasteiger partial charge in [0.1, 0.15) is 5.69 Å². The quantitative estimate of drug-likeness (QED) is 0.311. The van der Waals surface area contributed by atoms with Gasteiger partial charge in [-0.15, -0.1) is 0 Å². The van der Waals surface area contributed by atoms with Gasteiger partial charge in [-0.05, 0) is 50.0 Å². The van der Waals surface area contributed by atoms with E-state index in [0.29, 0.717) is 12.3 Å². The molecule has 24 heavy (non-hydrogen) atoms. The lowest BCUT2D eigenvalue weighted by molar-refractivity contribution is 0.0517. The number of aromatic nitrogens is 1. The molecular formula is C19H31NO3Si. The van der Waals surface area contributed by atoms with Crippen molar-refractivity contribution < 1.29 is 14.0 Å². The van der Waals surface area contributed by atoms with E-state index in [9.17, 15) is 4.79 Å². The van der Waals surface area contributed by atoms with Crippen LogP contribution in [0.4, 0.5) is 0 Å². The van der Waals surface area contributed by atoms with Crippen molar-refractivity contribution in [1.82, 2.24) is 4.57 Å². The smallest absolute Gasteiger partial charge is 0.355 e. The second kappa shape index (κ2) is 9.10. The van der Waals surface area contributed by atoms with Gasteiger partial charge in [0, 0.05) is 25.3 Å². The average molecular weight is 350 g/mol.